The highest BCUT2D eigenvalue weighted by molar-refractivity contribution is 5.43. The molecule has 0 unspecified atom stereocenters. The van der Waals surface area contributed by atoms with E-state index in [9.17, 15) is 0 Å². The molecule has 0 amide bonds. The fourth-order valence-electron chi connectivity index (χ4n) is 1.71. The lowest BCUT2D eigenvalue weighted by atomic mass is 10.1. The Morgan fingerprint density at radius 3 is 2.27 bits per heavy atom. The molecule has 82 valence electrons. The molecule has 1 heteroatoms. The monoisotopic (exact) mass is 204 g/mol. The summed E-state index contributed by atoms with van der Waals surface area (Å²) in [5, 5.41) is 0. The van der Waals surface area contributed by atoms with Crippen molar-refractivity contribution >= 4 is 5.69 Å². The van der Waals surface area contributed by atoms with Gasteiger partial charge in [0, 0.05) is 0 Å². The zero-order valence-corrected chi connectivity index (χ0v) is 10.3. The molecule has 0 fully saturated rings. The summed E-state index contributed by atoms with van der Waals surface area (Å²) in [6, 6.07) is 11.3. The van der Waals surface area contributed by atoms with E-state index in [1.807, 2.05) is 0 Å². The van der Waals surface area contributed by atoms with Crippen LogP contribution in [0.5, 0.6) is 0 Å². The van der Waals surface area contributed by atoms with E-state index in [-0.39, 0.29) is 0 Å². The number of hydrogen-bond donors (Lipinski definition) is 0. The maximum atomic E-state index is 2.29. The molecule has 0 N–H and O–H groups in total. The molecule has 1 atom stereocenters. The lowest BCUT2D eigenvalue weighted by molar-refractivity contribution is 0.299. The van der Waals surface area contributed by atoms with Crippen LogP contribution in [0.25, 0.3) is 0 Å². The van der Waals surface area contributed by atoms with Crippen LogP contribution in [0.2, 0.25) is 0 Å². The number of nitrogens with zero attached hydrogens (tertiary/aromatic N) is 1. The maximum absolute atomic E-state index is 2.29. The van der Waals surface area contributed by atoms with Gasteiger partial charge in [-0.25, -0.2) is 0 Å². The van der Waals surface area contributed by atoms with Crippen LogP contribution in [-0.2, 0) is 0 Å². The van der Waals surface area contributed by atoms with E-state index in [1.54, 1.807) is 0 Å². The molecular formula is C14H22N+. The first-order valence-electron chi connectivity index (χ1n) is 5.63. The van der Waals surface area contributed by atoms with Gasteiger partial charge in [-0.2, -0.15) is 0 Å². The zero-order chi connectivity index (χ0) is 11.3. The van der Waals surface area contributed by atoms with Crippen LogP contribution < -0.4 is 4.48 Å². The van der Waals surface area contributed by atoms with Gasteiger partial charge in [-0.15, -0.1) is 0 Å². The van der Waals surface area contributed by atoms with Gasteiger partial charge in [-0.1, -0.05) is 24.3 Å². The topological polar surface area (TPSA) is 0 Å². The Hall–Kier alpha value is -1.08. The minimum absolute atomic E-state index is 0.587. The molecule has 0 saturated heterocycles. The Morgan fingerprint density at radius 2 is 1.80 bits per heavy atom. The molecule has 1 nitrogen and oxygen atoms in total. The zero-order valence-electron chi connectivity index (χ0n) is 10.3. The van der Waals surface area contributed by atoms with E-state index in [2.05, 4.69) is 70.3 Å². The molecule has 0 spiro atoms. The SMILES string of the molecule is C/C=C/C[N@+](C)(c1ccccc1)C(C)C. The van der Waals surface area contributed by atoms with Crippen molar-refractivity contribution in [3.05, 3.63) is 42.5 Å². The van der Waals surface area contributed by atoms with Crippen molar-refractivity contribution in [2.24, 2.45) is 0 Å². The van der Waals surface area contributed by atoms with Crippen LogP contribution in [0.3, 0.4) is 0 Å². The molecule has 1 rings (SSSR count). The second-order valence-corrected chi connectivity index (χ2v) is 4.45. The summed E-state index contributed by atoms with van der Waals surface area (Å²) in [6.45, 7) is 7.68. The fourth-order valence-corrected chi connectivity index (χ4v) is 1.71. The molecule has 0 heterocycles. The highest BCUT2D eigenvalue weighted by Crippen LogP contribution is 2.23. The number of quaternary nitrogens is 1. The average Bonchev–Trinajstić information content (AvgIpc) is 2.27. The summed E-state index contributed by atoms with van der Waals surface area (Å²) in [5.74, 6) is 0. The smallest absolute Gasteiger partial charge is 0.133 e. The van der Waals surface area contributed by atoms with Crippen LogP contribution in [-0.4, -0.2) is 19.6 Å². The lowest BCUT2D eigenvalue weighted by Gasteiger charge is -2.37. The lowest BCUT2D eigenvalue weighted by Crippen LogP contribution is -2.50. The number of allylic oxidation sites excluding steroid dienone is 1. The van der Waals surface area contributed by atoms with Gasteiger partial charge < -0.3 is 0 Å². The molecule has 0 aromatic heterocycles. The maximum Gasteiger partial charge on any atom is 0.133 e. The number of rotatable bonds is 4. The molecule has 1 aromatic rings. The first-order valence-corrected chi connectivity index (χ1v) is 5.63. The van der Waals surface area contributed by atoms with Crippen molar-refractivity contribution in [2.45, 2.75) is 26.8 Å². The highest BCUT2D eigenvalue weighted by Gasteiger charge is 2.26. The minimum atomic E-state index is 0.587. The Morgan fingerprint density at radius 1 is 1.20 bits per heavy atom. The number of benzene rings is 1. The Kier molecular flexibility index (Phi) is 4.10. The van der Waals surface area contributed by atoms with Crippen LogP contribution >= 0.6 is 0 Å². The van der Waals surface area contributed by atoms with Gasteiger partial charge in [0.15, 0.2) is 0 Å². The van der Waals surface area contributed by atoms with E-state index in [4.69, 9.17) is 0 Å². The molecule has 0 bridgehead atoms. The first kappa shape index (κ1) is 12.0. The van der Waals surface area contributed by atoms with E-state index < -0.39 is 0 Å². The number of para-hydroxylation sites is 1. The van der Waals surface area contributed by atoms with Gasteiger partial charge in [-0.05, 0) is 39.0 Å². The molecule has 1 aromatic carbocycles. The van der Waals surface area contributed by atoms with Gasteiger partial charge in [0.1, 0.15) is 12.2 Å². The number of hydrogen-bond acceptors (Lipinski definition) is 0. The Bertz CT molecular complexity index is 313. The van der Waals surface area contributed by atoms with Crippen molar-refractivity contribution in [2.75, 3.05) is 13.6 Å². The summed E-state index contributed by atoms with van der Waals surface area (Å²) < 4.78 is 0.963. The van der Waals surface area contributed by atoms with Crippen molar-refractivity contribution in [1.29, 1.82) is 0 Å². The van der Waals surface area contributed by atoms with Crippen LogP contribution in [0.1, 0.15) is 20.8 Å². The van der Waals surface area contributed by atoms with Gasteiger partial charge in [0.05, 0.1) is 13.1 Å². The highest BCUT2D eigenvalue weighted by atomic mass is 15.3. The largest absolute Gasteiger partial charge is 0.288 e. The molecule has 0 aliphatic heterocycles. The van der Waals surface area contributed by atoms with E-state index in [0.717, 1.165) is 11.0 Å². The van der Waals surface area contributed by atoms with E-state index in [1.165, 1.54) is 5.69 Å². The predicted octanol–water partition coefficient (Wildman–Crippen LogP) is 3.61. The summed E-state index contributed by atoms with van der Waals surface area (Å²) >= 11 is 0. The summed E-state index contributed by atoms with van der Waals surface area (Å²) in [5.41, 5.74) is 1.38. The molecule has 15 heavy (non-hydrogen) atoms. The normalized spacial score (nSPS) is 15.8. The van der Waals surface area contributed by atoms with Crippen molar-refractivity contribution in [3.63, 3.8) is 0 Å². The van der Waals surface area contributed by atoms with E-state index >= 15 is 0 Å². The van der Waals surface area contributed by atoms with Crippen molar-refractivity contribution < 1.29 is 0 Å². The molecule has 0 aliphatic carbocycles. The van der Waals surface area contributed by atoms with Gasteiger partial charge >= 0.3 is 0 Å². The van der Waals surface area contributed by atoms with Crippen LogP contribution in [0.4, 0.5) is 5.69 Å². The Balaban J connectivity index is 3.01. The molecule has 0 saturated carbocycles. The van der Waals surface area contributed by atoms with Crippen molar-refractivity contribution in [1.82, 2.24) is 4.48 Å². The molecule has 0 radical (unpaired) electrons. The second kappa shape index (κ2) is 5.13. The standard InChI is InChI=1S/C14H22N/c1-5-6-12-15(4,13(2)3)14-10-8-7-9-11-14/h5-11,13H,12H2,1-4H3/q+1/b6-5+/t15-/m0/s1. The summed E-state index contributed by atoms with van der Waals surface area (Å²) in [7, 11) is 2.29. The summed E-state index contributed by atoms with van der Waals surface area (Å²) in [6.07, 6.45) is 4.37. The fraction of sp³-hybridized carbons (Fsp3) is 0.429. The van der Waals surface area contributed by atoms with Crippen LogP contribution in [0, 0.1) is 0 Å². The number of likely N-dealkylation sites (N-methyl/N-ethyl adjacent to an activating group) is 1. The first-order chi connectivity index (χ1) is 7.11. The molecule has 0 aliphatic rings. The summed E-state index contributed by atoms with van der Waals surface area (Å²) in [4.78, 5) is 0. The Labute approximate surface area is 93.6 Å². The van der Waals surface area contributed by atoms with Crippen molar-refractivity contribution in [3.8, 4) is 0 Å². The van der Waals surface area contributed by atoms with E-state index in [0.29, 0.717) is 6.04 Å². The van der Waals surface area contributed by atoms with Gasteiger partial charge in [0.2, 0.25) is 0 Å². The average molecular weight is 204 g/mol. The minimum Gasteiger partial charge on any atom is -0.288 e. The quantitative estimate of drug-likeness (QED) is 0.519. The third-order valence-corrected chi connectivity index (χ3v) is 3.21. The third kappa shape index (κ3) is 2.69. The second-order valence-electron chi connectivity index (χ2n) is 4.45. The molecular weight excluding hydrogens is 182 g/mol. The predicted molar refractivity (Wildman–Crippen MR) is 69.0 cm³/mol. The van der Waals surface area contributed by atoms with Gasteiger partial charge in [-0.3, -0.25) is 4.48 Å². The third-order valence-electron chi connectivity index (χ3n) is 3.21. The van der Waals surface area contributed by atoms with Gasteiger partial charge in [0.25, 0.3) is 0 Å². The van der Waals surface area contributed by atoms with Crippen LogP contribution in [0.15, 0.2) is 42.5 Å².